The Labute approximate surface area is 94.3 Å². The van der Waals surface area contributed by atoms with Crippen molar-refractivity contribution in [1.29, 1.82) is 0 Å². The maximum absolute atomic E-state index is 10.7. The quantitative estimate of drug-likeness (QED) is 0.347. The van der Waals surface area contributed by atoms with Crippen molar-refractivity contribution in [2.24, 2.45) is 0 Å². The Hall–Kier alpha value is -0.750. The highest BCUT2D eigenvalue weighted by Gasteiger charge is 2.14. The highest BCUT2D eigenvalue weighted by Crippen LogP contribution is 1.98. The number of carboxylic acids is 2. The van der Waals surface area contributed by atoms with Crippen molar-refractivity contribution < 1.29 is 19.8 Å². The van der Waals surface area contributed by atoms with Crippen molar-refractivity contribution in [1.82, 2.24) is 5.32 Å². The van der Waals surface area contributed by atoms with E-state index in [-0.39, 0.29) is 6.42 Å². The second kappa shape index (κ2) is 8.55. The number of carbonyl (C=O) groups is 2. The molecule has 0 unspecified atom stereocenters. The largest absolute Gasteiger partial charge is 0.481 e. The number of nitrogens with one attached hydrogen (secondary N) is 1. The van der Waals surface area contributed by atoms with Crippen LogP contribution in [0.4, 0.5) is 0 Å². The number of thiol groups is 1. The van der Waals surface area contributed by atoms with Crippen molar-refractivity contribution in [3.05, 3.63) is 0 Å². The molecule has 0 amide bonds. The van der Waals surface area contributed by atoms with Gasteiger partial charge in [-0.05, 0) is 31.6 Å². The summed E-state index contributed by atoms with van der Waals surface area (Å²) in [7, 11) is 0. The van der Waals surface area contributed by atoms with Crippen molar-refractivity contribution in [2.45, 2.75) is 31.7 Å². The van der Waals surface area contributed by atoms with Gasteiger partial charge in [0, 0.05) is 6.42 Å². The number of unbranched alkanes of at least 4 members (excludes halogenated alkanes) is 1. The normalized spacial score (nSPS) is 12.3. The summed E-state index contributed by atoms with van der Waals surface area (Å²) in [6.07, 6.45) is 1.83. The molecule has 0 saturated carbocycles. The SMILES string of the molecule is O=C(O)CCCCN[C@@H](CCS)C(=O)O. The molecular weight excluding hydrogens is 218 g/mol. The van der Waals surface area contributed by atoms with Gasteiger partial charge in [-0.1, -0.05) is 0 Å². The van der Waals surface area contributed by atoms with Gasteiger partial charge in [0.2, 0.25) is 0 Å². The Bertz CT molecular complexity index is 210. The van der Waals surface area contributed by atoms with Crippen LogP contribution in [0.15, 0.2) is 0 Å². The molecule has 6 heteroatoms. The zero-order chi connectivity index (χ0) is 11.7. The van der Waals surface area contributed by atoms with Gasteiger partial charge in [0.25, 0.3) is 0 Å². The van der Waals surface area contributed by atoms with Gasteiger partial charge < -0.3 is 15.5 Å². The van der Waals surface area contributed by atoms with Crippen LogP contribution in [0, 0.1) is 0 Å². The van der Waals surface area contributed by atoms with Crippen LogP contribution >= 0.6 is 12.6 Å². The van der Waals surface area contributed by atoms with Crippen LogP contribution in [0.5, 0.6) is 0 Å². The van der Waals surface area contributed by atoms with E-state index in [9.17, 15) is 9.59 Å². The number of hydrogen-bond acceptors (Lipinski definition) is 4. The third-order valence-corrected chi connectivity index (χ3v) is 2.18. The monoisotopic (exact) mass is 235 g/mol. The summed E-state index contributed by atoms with van der Waals surface area (Å²) in [5, 5.41) is 20.0. The molecule has 0 aromatic carbocycles. The zero-order valence-electron chi connectivity index (χ0n) is 8.48. The smallest absolute Gasteiger partial charge is 0.320 e. The molecule has 88 valence electrons. The van der Waals surface area contributed by atoms with Crippen molar-refractivity contribution in [2.75, 3.05) is 12.3 Å². The van der Waals surface area contributed by atoms with E-state index in [2.05, 4.69) is 17.9 Å². The van der Waals surface area contributed by atoms with Crippen LogP contribution in [0.2, 0.25) is 0 Å². The molecule has 0 aliphatic rings. The van der Waals surface area contributed by atoms with Gasteiger partial charge in [-0.15, -0.1) is 0 Å². The topological polar surface area (TPSA) is 86.6 Å². The Morgan fingerprint density at radius 3 is 2.40 bits per heavy atom. The van der Waals surface area contributed by atoms with E-state index in [1.807, 2.05) is 0 Å². The predicted octanol–water partition coefficient (Wildman–Crippen LogP) is 0.604. The molecule has 0 rings (SSSR count). The molecule has 0 heterocycles. The average Bonchev–Trinajstić information content (AvgIpc) is 2.15. The number of aliphatic carboxylic acids is 2. The Balaban J connectivity index is 3.53. The van der Waals surface area contributed by atoms with E-state index >= 15 is 0 Å². The molecule has 0 aromatic heterocycles. The first kappa shape index (κ1) is 14.2. The van der Waals surface area contributed by atoms with Gasteiger partial charge in [0.05, 0.1) is 0 Å². The van der Waals surface area contributed by atoms with Crippen LogP contribution in [-0.4, -0.2) is 40.5 Å². The zero-order valence-corrected chi connectivity index (χ0v) is 9.37. The summed E-state index contributed by atoms with van der Waals surface area (Å²) < 4.78 is 0. The van der Waals surface area contributed by atoms with Gasteiger partial charge in [-0.25, -0.2) is 0 Å². The van der Waals surface area contributed by atoms with Crippen molar-refractivity contribution in [3.8, 4) is 0 Å². The lowest BCUT2D eigenvalue weighted by molar-refractivity contribution is -0.140. The first-order valence-electron chi connectivity index (χ1n) is 4.86. The molecule has 0 saturated heterocycles. The molecule has 0 aliphatic carbocycles. The fraction of sp³-hybridized carbons (Fsp3) is 0.778. The van der Waals surface area contributed by atoms with Crippen LogP contribution in [-0.2, 0) is 9.59 Å². The molecule has 0 spiro atoms. The summed E-state index contributed by atoms with van der Waals surface area (Å²) >= 11 is 3.96. The van der Waals surface area contributed by atoms with Crippen LogP contribution in [0.25, 0.3) is 0 Å². The molecule has 1 atom stereocenters. The summed E-state index contributed by atoms with van der Waals surface area (Å²) in [6, 6.07) is -0.577. The number of rotatable bonds is 9. The van der Waals surface area contributed by atoms with Gasteiger partial charge in [0.1, 0.15) is 6.04 Å². The Morgan fingerprint density at radius 1 is 1.27 bits per heavy atom. The summed E-state index contributed by atoms with van der Waals surface area (Å²) in [6.45, 7) is 0.526. The minimum Gasteiger partial charge on any atom is -0.481 e. The Morgan fingerprint density at radius 2 is 1.93 bits per heavy atom. The standard InChI is InChI=1S/C9H17NO4S/c11-8(12)3-1-2-5-10-7(4-6-15)9(13)14/h7,10,15H,1-6H2,(H,11,12)(H,13,14)/t7-/m0/s1. The first-order valence-corrected chi connectivity index (χ1v) is 5.50. The van der Waals surface area contributed by atoms with Crippen LogP contribution < -0.4 is 5.32 Å². The third kappa shape index (κ3) is 8.26. The Kier molecular flexibility index (Phi) is 8.12. The van der Waals surface area contributed by atoms with E-state index in [1.54, 1.807) is 0 Å². The summed E-state index contributed by atoms with van der Waals surface area (Å²) in [5.74, 6) is -1.19. The molecule has 15 heavy (non-hydrogen) atoms. The fourth-order valence-corrected chi connectivity index (χ4v) is 1.38. The average molecular weight is 235 g/mol. The number of hydrogen-bond donors (Lipinski definition) is 4. The second-order valence-electron chi connectivity index (χ2n) is 3.21. The summed E-state index contributed by atoms with van der Waals surface area (Å²) in [5.41, 5.74) is 0. The van der Waals surface area contributed by atoms with E-state index in [1.165, 1.54) is 0 Å². The lowest BCUT2D eigenvalue weighted by atomic mass is 10.2. The van der Waals surface area contributed by atoms with E-state index < -0.39 is 18.0 Å². The van der Waals surface area contributed by atoms with Gasteiger partial charge in [0.15, 0.2) is 0 Å². The molecule has 3 N–H and O–H groups in total. The highest BCUT2D eigenvalue weighted by atomic mass is 32.1. The number of carboxylic acid groups (broad SMARTS) is 2. The van der Waals surface area contributed by atoms with Crippen molar-refractivity contribution in [3.63, 3.8) is 0 Å². The van der Waals surface area contributed by atoms with Gasteiger partial charge in [-0.2, -0.15) is 12.6 Å². The van der Waals surface area contributed by atoms with Crippen LogP contribution in [0.3, 0.4) is 0 Å². The molecular formula is C9H17NO4S. The second-order valence-corrected chi connectivity index (χ2v) is 3.66. The lowest BCUT2D eigenvalue weighted by Crippen LogP contribution is -2.37. The maximum Gasteiger partial charge on any atom is 0.320 e. The lowest BCUT2D eigenvalue weighted by Gasteiger charge is -2.12. The summed E-state index contributed by atoms with van der Waals surface area (Å²) in [4.78, 5) is 20.9. The molecule has 0 aromatic rings. The molecule has 0 fully saturated rings. The molecule has 0 bridgehead atoms. The maximum atomic E-state index is 10.7. The van der Waals surface area contributed by atoms with E-state index in [0.29, 0.717) is 31.6 Å². The van der Waals surface area contributed by atoms with E-state index in [0.717, 1.165) is 0 Å². The predicted molar refractivity (Wildman–Crippen MR) is 59.4 cm³/mol. The molecule has 0 radical (unpaired) electrons. The van der Waals surface area contributed by atoms with Gasteiger partial charge >= 0.3 is 11.9 Å². The minimum absolute atomic E-state index is 0.131. The molecule has 5 nitrogen and oxygen atoms in total. The van der Waals surface area contributed by atoms with E-state index in [4.69, 9.17) is 10.2 Å². The van der Waals surface area contributed by atoms with Crippen LogP contribution in [0.1, 0.15) is 25.7 Å². The fourth-order valence-electron chi connectivity index (χ4n) is 1.12. The first-order chi connectivity index (χ1) is 7.07. The molecule has 0 aliphatic heterocycles. The van der Waals surface area contributed by atoms with Gasteiger partial charge in [-0.3, -0.25) is 9.59 Å². The highest BCUT2D eigenvalue weighted by molar-refractivity contribution is 7.80. The van der Waals surface area contributed by atoms with Crippen molar-refractivity contribution >= 4 is 24.6 Å². The minimum atomic E-state index is -0.887. The third-order valence-electron chi connectivity index (χ3n) is 1.92.